The molecule has 0 N–H and O–H groups in total. The van der Waals surface area contributed by atoms with E-state index >= 15 is 0 Å². The van der Waals surface area contributed by atoms with Crippen molar-refractivity contribution >= 4 is 22.0 Å². The van der Waals surface area contributed by atoms with E-state index in [-0.39, 0.29) is 5.54 Å². The third-order valence-electron chi connectivity index (χ3n) is 2.95. The molecule has 0 amide bonds. The number of hydrogen-bond acceptors (Lipinski definition) is 2. The Hall–Kier alpha value is -0.990. The fourth-order valence-electron chi connectivity index (χ4n) is 1.81. The lowest BCUT2D eigenvalue weighted by Gasteiger charge is -2.12. The number of nitrogens with zero attached hydrogens (tertiary/aromatic N) is 1. The van der Waals surface area contributed by atoms with Gasteiger partial charge in [-0.3, -0.25) is 0 Å². The Balaban J connectivity index is 2.39. The summed E-state index contributed by atoms with van der Waals surface area (Å²) in [6, 6.07) is 5.42. The zero-order valence-corrected chi connectivity index (χ0v) is 10.4. The van der Waals surface area contributed by atoms with Gasteiger partial charge in [0.05, 0.1) is 5.54 Å². The van der Waals surface area contributed by atoms with Gasteiger partial charge in [-0.1, -0.05) is 28.1 Å². The van der Waals surface area contributed by atoms with Crippen molar-refractivity contribution in [2.75, 3.05) is 0 Å². The van der Waals surface area contributed by atoms with Gasteiger partial charge in [0.1, 0.15) is 6.17 Å². The average molecular weight is 284 g/mol. The van der Waals surface area contributed by atoms with Crippen LogP contribution in [-0.2, 0) is 10.3 Å². The molecule has 2 rings (SSSR count). The zero-order valence-electron chi connectivity index (χ0n) is 8.84. The Bertz CT molecular complexity index is 462. The van der Waals surface area contributed by atoms with Crippen LogP contribution in [0.15, 0.2) is 27.7 Å². The Kier molecular flexibility index (Phi) is 2.96. The topological polar surface area (TPSA) is 29.4 Å². The van der Waals surface area contributed by atoms with Crippen molar-refractivity contribution in [3.05, 3.63) is 33.8 Å². The van der Waals surface area contributed by atoms with E-state index in [0.29, 0.717) is 5.56 Å². The molecule has 84 valence electrons. The van der Waals surface area contributed by atoms with Gasteiger partial charge in [-0.05, 0) is 37.0 Å². The van der Waals surface area contributed by atoms with Crippen LogP contribution in [-0.4, -0.2) is 6.08 Å². The van der Waals surface area contributed by atoms with Gasteiger partial charge < -0.3 is 0 Å². The zero-order chi connectivity index (χ0) is 11.8. The standard InChI is InChI=1S/C12H11BrFNO/c1-8(14)10-3-2-9(6-11(10)13)12(4-5-12)15-7-16/h2-3,6,8H,4-5H2,1H3. The molecule has 1 aliphatic carbocycles. The monoisotopic (exact) mass is 283 g/mol. The minimum atomic E-state index is -1.01. The first-order chi connectivity index (χ1) is 7.59. The minimum absolute atomic E-state index is 0.387. The number of benzene rings is 1. The van der Waals surface area contributed by atoms with Crippen molar-refractivity contribution in [3.63, 3.8) is 0 Å². The quantitative estimate of drug-likeness (QED) is 0.613. The molecular formula is C12H11BrFNO. The second-order valence-electron chi connectivity index (χ2n) is 4.09. The Labute approximate surface area is 102 Å². The molecule has 1 fully saturated rings. The summed E-state index contributed by atoms with van der Waals surface area (Å²) in [6.45, 7) is 1.50. The predicted octanol–water partition coefficient (Wildman–Crippen LogP) is 3.80. The average Bonchev–Trinajstić information content (AvgIpc) is 2.99. The number of aliphatic imine (C=N–C) groups is 1. The van der Waals surface area contributed by atoms with Crippen LogP contribution in [0.2, 0.25) is 0 Å². The van der Waals surface area contributed by atoms with Crippen molar-refractivity contribution in [2.45, 2.75) is 31.5 Å². The van der Waals surface area contributed by atoms with Crippen LogP contribution in [0.1, 0.15) is 37.1 Å². The van der Waals surface area contributed by atoms with Crippen LogP contribution in [0.4, 0.5) is 4.39 Å². The van der Waals surface area contributed by atoms with Crippen LogP contribution in [0.25, 0.3) is 0 Å². The first kappa shape index (κ1) is 11.5. The molecule has 1 atom stereocenters. The third kappa shape index (κ3) is 1.95. The van der Waals surface area contributed by atoms with Gasteiger partial charge in [-0.25, -0.2) is 9.18 Å². The summed E-state index contributed by atoms with van der Waals surface area (Å²) in [5, 5.41) is 0. The Morgan fingerprint density at radius 2 is 2.25 bits per heavy atom. The van der Waals surface area contributed by atoms with Gasteiger partial charge in [-0.15, -0.1) is 0 Å². The van der Waals surface area contributed by atoms with E-state index in [1.54, 1.807) is 12.1 Å². The van der Waals surface area contributed by atoms with Crippen LogP contribution < -0.4 is 0 Å². The van der Waals surface area contributed by atoms with Gasteiger partial charge in [0.15, 0.2) is 0 Å². The van der Waals surface area contributed by atoms with Crippen molar-refractivity contribution < 1.29 is 9.18 Å². The van der Waals surface area contributed by atoms with Crippen molar-refractivity contribution in [2.24, 2.45) is 4.99 Å². The van der Waals surface area contributed by atoms with Gasteiger partial charge in [0.25, 0.3) is 0 Å². The SMILES string of the molecule is CC(F)c1ccc(C2(N=C=O)CC2)cc1Br. The second kappa shape index (κ2) is 4.11. The molecule has 1 saturated carbocycles. The van der Waals surface area contributed by atoms with Crippen LogP contribution in [0.5, 0.6) is 0 Å². The highest BCUT2D eigenvalue weighted by Crippen LogP contribution is 2.50. The highest BCUT2D eigenvalue weighted by Gasteiger charge is 2.45. The summed E-state index contributed by atoms with van der Waals surface area (Å²) in [5.74, 6) is 0. The number of carbonyl (C=O) groups excluding carboxylic acids is 1. The summed E-state index contributed by atoms with van der Waals surface area (Å²) < 4.78 is 13.9. The van der Waals surface area contributed by atoms with E-state index in [2.05, 4.69) is 20.9 Å². The molecular weight excluding hydrogens is 273 g/mol. The van der Waals surface area contributed by atoms with Crippen molar-refractivity contribution in [1.82, 2.24) is 0 Å². The van der Waals surface area contributed by atoms with E-state index in [9.17, 15) is 9.18 Å². The third-order valence-corrected chi connectivity index (χ3v) is 3.64. The summed E-state index contributed by atoms with van der Waals surface area (Å²) in [4.78, 5) is 14.2. The van der Waals surface area contributed by atoms with Gasteiger partial charge in [-0.2, -0.15) is 4.99 Å². The number of hydrogen-bond donors (Lipinski definition) is 0. The maximum atomic E-state index is 13.2. The van der Waals surface area contributed by atoms with Crippen LogP contribution >= 0.6 is 15.9 Å². The largest absolute Gasteiger partial charge is 0.243 e. The highest BCUT2D eigenvalue weighted by molar-refractivity contribution is 9.10. The first-order valence-corrected chi connectivity index (χ1v) is 5.91. The van der Waals surface area contributed by atoms with Crippen LogP contribution in [0.3, 0.4) is 0 Å². The van der Waals surface area contributed by atoms with Crippen LogP contribution in [0, 0.1) is 0 Å². The molecule has 2 nitrogen and oxygen atoms in total. The van der Waals surface area contributed by atoms with E-state index in [1.807, 2.05) is 12.1 Å². The lowest BCUT2D eigenvalue weighted by Crippen LogP contribution is -2.03. The summed E-state index contributed by atoms with van der Waals surface area (Å²) in [6.07, 6.45) is 2.33. The highest BCUT2D eigenvalue weighted by atomic mass is 79.9. The molecule has 1 aromatic rings. The minimum Gasteiger partial charge on any atom is -0.243 e. The number of rotatable bonds is 3. The smallest absolute Gasteiger partial charge is 0.235 e. The lowest BCUT2D eigenvalue weighted by molar-refractivity contribution is 0.373. The fourth-order valence-corrected chi connectivity index (χ4v) is 2.50. The summed E-state index contributed by atoms with van der Waals surface area (Å²) in [5.41, 5.74) is 1.18. The van der Waals surface area contributed by atoms with E-state index in [0.717, 1.165) is 22.9 Å². The Morgan fingerprint density at radius 1 is 1.56 bits per heavy atom. The molecule has 1 unspecified atom stereocenters. The van der Waals surface area contributed by atoms with E-state index < -0.39 is 6.17 Å². The molecule has 0 saturated heterocycles. The second-order valence-corrected chi connectivity index (χ2v) is 4.94. The number of alkyl halides is 1. The number of isocyanates is 1. The molecule has 16 heavy (non-hydrogen) atoms. The van der Waals surface area contributed by atoms with Gasteiger partial charge >= 0.3 is 0 Å². The Morgan fingerprint density at radius 3 is 2.69 bits per heavy atom. The molecule has 0 heterocycles. The maximum Gasteiger partial charge on any atom is 0.235 e. The maximum absolute atomic E-state index is 13.2. The first-order valence-electron chi connectivity index (χ1n) is 5.12. The molecule has 0 bridgehead atoms. The molecule has 0 radical (unpaired) electrons. The summed E-state index contributed by atoms with van der Waals surface area (Å²) >= 11 is 3.34. The summed E-state index contributed by atoms with van der Waals surface area (Å²) in [7, 11) is 0. The normalized spacial score (nSPS) is 18.7. The van der Waals surface area contributed by atoms with E-state index in [4.69, 9.17) is 0 Å². The fraction of sp³-hybridized carbons (Fsp3) is 0.417. The molecule has 1 aromatic carbocycles. The molecule has 1 aliphatic rings. The van der Waals surface area contributed by atoms with Gasteiger partial charge in [0, 0.05) is 4.47 Å². The van der Waals surface area contributed by atoms with Crippen molar-refractivity contribution in [3.8, 4) is 0 Å². The lowest BCUT2D eigenvalue weighted by atomic mass is 10.0. The van der Waals surface area contributed by atoms with Gasteiger partial charge in [0.2, 0.25) is 6.08 Å². The number of halogens is 2. The molecule has 0 aliphatic heterocycles. The molecule has 0 aromatic heterocycles. The molecule has 0 spiro atoms. The molecule has 4 heteroatoms. The predicted molar refractivity (Wildman–Crippen MR) is 62.7 cm³/mol. The van der Waals surface area contributed by atoms with E-state index in [1.165, 1.54) is 6.92 Å². The van der Waals surface area contributed by atoms with Crippen molar-refractivity contribution in [1.29, 1.82) is 0 Å².